The zero-order valence-corrected chi connectivity index (χ0v) is 24.8. The fourth-order valence-electron chi connectivity index (χ4n) is 4.10. The molecule has 40 heavy (non-hydrogen) atoms. The number of halogens is 1. The van der Waals surface area contributed by atoms with Gasteiger partial charge in [-0.2, -0.15) is 0 Å². The molecule has 3 aromatic rings. The number of nitrogens with zero attached hydrogens (tertiary/aromatic N) is 6. The summed E-state index contributed by atoms with van der Waals surface area (Å²) in [6, 6.07) is 1.26. The molecule has 0 aromatic carbocycles. The minimum atomic E-state index is -4.11. The van der Waals surface area contributed by atoms with Gasteiger partial charge in [0.2, 0.25) is 16.0 Å². The van der Waals surface area contributed by atoms with Crippen LogP contribution in [0.15, 0.2) is 24.7 Å². The topological polar surface area (TPSA) is 152 Å². The van der Waals surface area contributed by atoms with Crippen molar-refractivity contribution in [1.82, 2.24) is 29.7 Å². The molecule has 4 rings (SSSR count). The van der Waals surface area contributed by atoms with E-state index in [4.69, 9.17) is 30.5 Å². The molecular weight excluding hydrogens is 562 g/mol. The van der Waals surface area contributed by atoms with Gasteiger partial charge < -0.3 is 18.9 Å². The average molecular weight is 596 g/mol. The Labute approximate surface area is 238 Å². The number of fused-ring (bicyclic) bond motifs is 3. The van der Waals surface area contributed by atoms with E-state index in [1.165, 1.54) is 19.3 Å². The molecule has 3 aromatic heterocycles. The van der Waals surface area contributed by atoms with Gasteiger partial charge in [-0.05, 0) is 47.6 Å². The van der Waals surface area contributed by atoms with E-state index in [0.717, 1.165) is 0 Å². The van der Waals surface area contributed by atoms with Gasteiger partial charge in [-0.25, -0.2) is 23.4 Å². The van der Waals surface area contributed by atoms with Crippen LogP contribution in [0.5, 0.6) is 11.6 Å². The van der Waals surface area contributed by atoms with Gasteiger partial charge in [0.05, 0.1) is 35.4 Å². The molecule has 15 heteroatoms. The third-order valence-electron chi connectivity index (χ3n) is 5.92. The smallest absolute Gasteiger partial charge is 0.258 e. The van der Waals surface area contributed by atoms with Crippen LogP contribution in [0.2, 0.25) is 5.02 Å². The van der Waals surface area contributed by atoms with Gasteiger partial charge in [-0.15, -0.1) is 10.2 Å². The maximum absolute atomic E-state index is 13.7. The largest absolute Gasteiger partial charge is 0.485 e. The van der Waals surface area contributed by atoms with Crippen LogP contribution in [0, 0.1) is 0 Å². The highest BCUT2D eigenvalue weighted by Crippen LogP contribution is 2.41. The second kappa shape index (κ2) is 12.6. The van der Waals surface area contributed by atoms with Crippen LogP contribution >= 0.6 is 11.6 Å². The van der Waals surface area contributed by atoms with E-state index in [1.54, 1.807) is 30.7 Å². The van der Waals surface area contributed by atoms with Gasteiger partial charge in [0, 0.05) is 25.2 Å². The third kappa shape index (κ3) is 6.62. The number of nitrogens with one attached hydrogen (secondary N) is 1. The molecule has 3 atom stereocenters. The van der Waals surface area contributed by atoms with E-state index in [9.17, 15) is 8.42 Å². The van der Waals surface area contributed by atoms with Crippen LogP contribution < -0.4 is 14.2 Å². The number of ether oxygens (including phenoxy) is 4. The van der Waals surface area contributed by atoms with Crippen LogP contribution in [0.3, 0.4) is 0 Å². The lowest BCUT2D eigenvalue weighted by molar-refractivity contribution is 0.00154. The van der Waals surface area contributed by atoms with Crippen molar-refractivity contribution < 1.29 is 27.4 Å². The number of rotatable bonds is 12. The normalized spacial score (nSPS) is 16.6. The van der Waals surface area contributed by atoms with Crippen molar-refractivity contribution in [3.8, 4) is 23.0 Å². The van der Waals surface area contributed by atoms with Crippen LogP contribution in [0.25, 0.3) is 11.4 Å². The van der Waals surface area contributed by atoms with Crippen LogP contribution in [0.1, 0.15) is 59.5 Å². The zero-order chi connectivity index (χ0) is 29.0. The Balaban J connectivity index is 1.73. The third-order valence-corrected chi connectivity index (χ3v) is 7.81. The Morgan fingerprint density at radius 3 is 2.50 bits per heavy atom. The Kier molecular flexibility index (Phi) is 9.44. The summed E-state index contributed by atoms with van der Waals surface area (Å²) in [5, 5.41) is 7.77. The summed E-state index contributed by atoms with van der Waals surface area (Å²) >= 11 is 5.94. The second-order valence-corrected chi connectivity index (χ2v) is 12.2. The Hall–Kier alpha value is -3.07. The SMILES string of the molecule is CCOC[C@@H]1COc2c(ccnc2OC(C)C)-c2nnc(NS(=O)(=O)[C@@H](C)[C@@H](OC(C)C)c3ncc(Cl)cn3)n21. The second-order valence-electron chi connectivity index (χ2n) is 9.72. The highest BCUT2D eigenvalue weighted by Gasteiger charge is 2.37. The Morgan fingerprint density at radius 1 is 1.12 bits per heavy atom. The molecular formula is C25H34ClN7O6S. The number of hydrogen-bond acceptors (Lipinski definition) is 11. The minimum Gasteiger partial charge on any atom is -0.485 e. The molecule has 0 aliphatic carbocycles. The quantitative estimate of drug-likeness (QED) is 0.325. The fraction of sp³-hybridized carbons (Fsp3) is 0.560. The molecule has 1 N–H and O–H groups in total. The summed E-state index contributed by atoms with van der Waals surface area (Å²) in [6.07, 6.45) is 2.95. The highest BCUT2D eigenvalue weighted by molar-refractivity contribution is 7.93. The van der Waals surface area contributed by atoms with E-state index < -0.39 is 27.4 Å². The first-order chi connectivity index (χ1) is 19.0. The zero-order valence-electron chi connectivity index (χ0n) is 23.2. The maximum atomic E-state index is 13.7. The first-order valence-electron chi connectivity index (χ1n) is 13.0. The highest BCUT2D eigenvalue weighted by atomic mass is 35.5. The lowest BCUT2D eigenvalue weighted by Crippen LogP contribution is -2.35. The number of aromatic nitrogens is 6. The molecule has 0 radical (unpaired) electrons. The predicted molar refractivity (Wildman–Crippen MR) is 148 cm³/mol. The lowest BCUT2D eigenvalue weighted by atomic mass is 10.2. The van der Waals surface area contributed by atoms with Crippen molar-refractivity contribution in [2.45, 2.75) is 71.1 Å². The molecule has 1 aliphatic rings. The van der Waals surface area contributed by atoms with Crippen molar-refractivity contribution in [3.05, 3.63) is 35.5 Å². The number of hydrogen-bond donors (Lipinski definition) is 1. The summed E-state index contributed by atoms with van der Waals surface area (Å²) in [6.45, 7) is 11.6. The van der Waals surface area contributed by atoms with Crippen molar-refractivity contribution in [3.63, 3.8) is 0 Å². The molecule has 0 spiro atoms. The molecule has 218 valence electrons. The van der Waals surface area contributed by atoms with Gasteiger partial charge in [0.25, 0.3) is 5.88 Å². The Bertz CT molecular complexity index is 1400. The van der Waals surface area contributed by atoms with E-state index in [-0.39, 0.29) is 37.2 Å². The van der Waals surface area contributed by atoms with Crippen LogP contribution in [-0.2, 0) is 19.5 Å². The molecule has 0 fully saturated rings. The number of pyridine rings is 1. The number of sulfonamides is 1. The summed E-state index contributed by atoms with van der Waals surface area (Å²) in [5.74, 6) is 1.29. The van der Waals surface area contributed by atoms with Crippen LogP contribution in [0.4, 0.5) is 5.95 Å². The molecule has 0 bridgehead atoms. The van der Waals surface area contributed by atoms with Crippen molar-refractivity contribution in [2.24, 2.45) is 0 Å². The van der Waals surface area contributed by atoms with E-state index in [0.29, 0.717) is 34.6 Å². The lowest BCUT2D eigenvalue weighted by Gasteiger charge is -2.26. The first-order valence-corrected chi connectivity index (χ1v) is 14.9. The molecule has 13 nitrogen and oxygen atoms in total. The van der Waals surface area contributed by atoms with Crippen molar-refractivity contribution in [1.29, 1.82) is 0 Å². The monoisotopic (exact) mass is 595 g/mol. The standard InChI is InChI=1S/C25H34ClN7O6S/c1-7-36-12-18-13-37-21-19(8-9-27-24(21)39-15(4)5)23-30-31-25(33(18)23)32-40(34,35)16(6)20(38-14(2)3)22-28-10-17(26)11-29-22/h8-11,14-16,18,20H,7,12-13H2,1-6H3,(H,31,32)/t16-,18+,20+/m0/s1. The van der Waals surface area contributed by atoms with Crippen LogP contribution in [-0.4, -0.2) is 75.4 Å². The average Bonchev–Trinajstić information content (AvgIpc) is 3.22. The molecule has 0 unspecified atom stereocenters. The summed E-state index contributed by atoms with van der Waals surface area (Å²) in [5.41, 5.74) is 0.561. The van der Waals surface area contributed by atoms with E-state index in [1.807, 2.05) is 20.8 Å². The van der Waals surface area contributed by atoms with Gasteiger partial charge in [-0.1, -0.05) is 11.6 Å². The maximum Gasteiger partial charge on any atom is 0.258 e. The molecule has 0 saturated carbocycles. The predicted octanol–water partition coefficient (Wildman–Crippen LogP) is 3.84. The van der Waals surface area contributed by atoms with Crippen molar-refractivity contribution in [2.75, 3.05) is 24.5 Å². The van der Waals surface area contributed by atoms with Gasteiger partial charge >= 0.3 is 0 Å². The molecule has 0 saturated heterocycles. The van der Waals surface area contributed by atoms with Gasteiger partial charge in [-0.3, -0.25) is 9.29 Å². The molecule has 1 aliphatic heterocycles. The minimum absolute atomic E-state index is 0.00599. The van der Waals surface area contributed by atoms with E-state index in [2.05, 4.69) is 29.9 Å². The van der Waals surface area contributed by atoms with E-state index >= 15 is 0 Å². The van der Waals surface area contributed by atoms with Gasteiger partial charge in [0.1, 0.15) is 18.0 Å². The summed E-state index contributed by atoms with van der Waals surface area (Å²) < 4.78 is 55.4. The van der Waals surface area contributed by atoms with Crippen molar-refractivity contribution >= 4 is 27.6 Å². The van der Waals surface area contributed by atoms with Gasteiger partial charge in [0.15, 0.2) is 17.4 Å². The first kappa shape index (κ1) is 29.9. The molecule has 4 heterocycles. The summed E-state index contributed by atoms with van der Waals surface area (Å²) in [4.78, 5) is 12.7. The number of anilines is 1. The summed E-state index contributed by atoms with van der Waals surface area (Å²) in [7, 11) is -4.11. The molecule has 0 amide bonds. The Morgan fingerprint density at radius 2 is 1.85 bits per heavy atom. The fourth-order valence-corrected chi connectivity index (χ4v) is 5.29.